The number of hydrogen-bond acceptors (Lipinski definition) is 5. The van der Waals surface area contributed by atoms with Crippen LogP contribution in [0.1, 0.15) is 60.4 Å². The van der Waals surface area contributed by atoms with E-state index in [4.69, 9.17) is 4.42 Å². The van der Waals surface area contributed by atoms with E-state index in [-0.39, 0.29) is 22.6 Å². The lowest BCUT2D eigenvalue weighted by molar-refractivity contribution is 0.0714. The molecule has 1 saturated heterocycles. The predicted molar refractivity (Wildman–Crippen MR) is 137 cm³/mol. The molecule has 2 aromatic heterocycles. The molecule has 0 spiro atoms. The predicted octanol–water partition coefficient (Wildman–Crippen LogP) is 4.03. The quantitative estimate of drug-likeness (QED) is 0.452. The molecular formula is C27H33FN4O4. The zero-order chi connectivity index (χ0) is 25.7. The van der Waals surface area contributed by atoms with E-state index in [1.54, 1.807) is 29.3 Å². The molecular weight excluding hydrogens is 463 g/mol. The first kappa shape index (κ1) is 25.5. The first-order chi connectivity index (χ1) is 17.4. The molecule has 9 heteroatoms. The summed E-state index contributed by atoms with van der Waals surface area (Å²) in [5.41, 5.74) is 0.506. The number of hydrogen-bond donors (Lipinski definition) is 1. The summed E-state index contributed by atoms with van der Waals surface area (Å²) in [5, 5.41) is 3.01. The smallest absolute Gasteiger partial charge is 0.289 e. The van der Waals surface area contributed by atoms with Crippen LogP contribution in [0.4, 0.5) is 10.1 Å². The standard InChI is InChI=1S/C27H33FN4O4/c1-3-5-6-7-10-29-26(34)20-18-30(4-2)22-17-23(21(28)16-19(22)25(20)33)31-11-13-32(14-12-31)27(35)24-9-8-15-36-24/h8-9,15-18H,3-7,10-14H2,1-2H3,(H,29,34). The first-order valence-electron chi connectivity index (χ1n) is 12.7. The summed E-state index contributed by atoms with van der Waals surface area (Å²) in [7, 11) is 0. The number of halogens is 1. The van der Waals surface area contributed by atoms with E-state index in [9.17, 15) is 14.4 Å². The molecule has 1 N–H and O–H groups in total. The Hall–Kier alpha value is -3.62. The molecule has 192 valence electrons. The van der Waals surface area contributed by atoms with Gasteiger partial charge in [-0.15, -0.1) is 0 Å². The van der Waals surface area contributed by atoms with Crippen LogP contribution < -0.4 is 15.6 Å². The van der Waals surface area contributed by atoms with Crippen molar-refractivity contribution in [3.05, 3.63) is 64.1 Å². The van der Waals surface area contributed by atoms with Gasteiger partial charge in [-0.1, -0.05) is 26.2 Å². The fraction of sp³-hybridized carbons (Fsp3) is 0.444. The highest BCUT2D eigenvalue weighted by Gasteiger charge is 2.26. The van der Waals surface area contributed by atoms with E-state index in [0.717, 1.165) is 25.7 Å². The summed E-state index contributed by atoms with van der Waals surface area (Å²) < 4.78 is 22.3. The minimum atomic E-state index is -0.523. The Labute approximate surface area is 209 Å². The van der Waals surface area contributed by atoms with Crippen molar-refractivity contribution in [3.63, 3.8) is 0 Å². The Morgan fingerprint density at radius 1 is 1.08 bits per heavy atom. The van der Waals surface area contributed by atoms with Crippen LogP contribution in [0.5, 0.6) is 0 Å². The number of aromatic nitrogens is 1. The average molecular weight is 497 g/mol. The number of nitrogens with one attached hydrogen (secondary N) is 1. The third-order valence-electron chi connectivity index (χ3n) is 6.69. The fourth-order valence-corrected chi connectivity index (χ4v) is 4.62. The minimum absolute atomic E-state index is 0.0250. The van der Waals surface area contributed by atoms with E-state index in [1.807, 2.05) is 16.4 Å². The maximum Gasteiger partial charge on any atom is 0.289 e. The molecule has 36 heavy (non-hydrogen) atoms. The molecule has 0 bridgehead atoms. The summed E-state index contributed by atoms with van der Waals surface area (Å²) >= 11 is 0. The molecule has 8 nitrogen and oxygen atoms in total. The molecule has 3 aromatic rings. The van der Waals surface area contributed by atoms with Gasteiger partial charge in [-0.25, -0.2) is 4.39 Å². The van der Waals surface area contributed by atoms with E-state index >= 15 is 4.39 Å². The van der Waals surface area contributed by atoms with Crippen LogP contribution >= 0.6 is 0 Å². The molecule has 0 unspecified atom stereocenters. The zero-order valence-corrected chi connectivity index (χ0v) is 20.9. The van der Waals surface area contributed by atoms with Gasteiger partial charge in [-0.05, 0) is 37.6 Å². The number of amides is 2. The molecule has 2 amide bonds. The molecule has 4 rings (SSSR count). The second-order valence-corrected chi connectivity index (χ2v) is 9.05. The normalized spacial score (nSPS) is 13.9. The fourth-order valence-electron chi connectivity index (χ4n) is 4.62. The van der Waals surface area contributed by atoms with Crippen molar-refractivity contribution in [3.8, 4) is 0 Å². The molecule has 1 aliphatic heterocycles. The van der Waals surface area contributed by atoms with Gasteiger partial charge in [0.05, 0.1) is 17.5 Å². The van der Waals surface area contributed by atoms with Crippen LogP contribution in [0.3, 0.4) is 0 Å². The maximum atomic E-state index is 15.3. The van der Waals surface area contributed by atoms with E-state index in [2.05, 4.69) is 12.2 Å². The number of carbonyl (C=O) groups is 2. The van der Waals surface area contributed by atoms with Gasteiger partial charge >= 0.3 is 0 Å². The molecule has 1 aliphatic rings. The van der Waals surface area contributed by atoms with Crippen molar-refractivity contribution in [2.24, 2.45) is 0 Å². The van der Waals surface area contributed by atoms with Crippen molar-refractivity contribution < 1.29 is 18.4 Å². The number of carbonyl (C=O) groups excluding carboxylic acids is 2. The van der Waals surface area contributed by atoms with Gasteiger partial charge in [-0.3, -0.25) is 14.4 Å². The van der Waals surface area contributed by atoms with E-state index < -0.39 is 17.2 Å². The molecule has 1 aromatic carbocycles. The number of rotatable bonds is 9. The SMILES string of the molecule is CCCCCCNC(=O)c1cn(CC)c2cc(N3CCN(C(=O)c4ccco4)CC3)c(F)cc2c1=O. The topological polar surface area (TPSA) is 87.8 Å². The maximum absolute atomic E-state index is 15.3. The summed E-state index contributed by atoms with van der Waals surface area (Å²) in [6.07, 6.45) is 7.11. The van der Waals surface area contributed by atoms with Crippen LogP contribution in [0.15, 0.2) is 45.9 Å². The molecule has 0 atom stereocenters. The van der Waals surface area contributed by atoms with Gasteiger partial charge in [0.2, 0.25) is 5.43 Å². The Morgan fingerprint density at radius 3 is 2.53 bits per heavy atom. The van der Waals surface area contributed by atoms with E-state index in [0.29, 0.717) is 50.5 Å². The number of nitrogens with zero attached hydrogens (tertiary/aromatic N) is 3. The van der Waals surface area contributed by atoms with Crippen molar-refractivity contribution in [2.45, 2.75) is 46.1 Å². The van der Waals surface area contributed by atoms with Gasteiger partial charge in [0.25, 0.3) is 11.8 Å². The number of benzene rings is 1. The number of anilines is 1. The number of fused-ring (bicyclic) bond motifs is 1. The van der Waals surface area contributed by atoms with Gasteiger partial charge in [0.1, 0.15) is 11.4 Å². The number of furan rings is 1. The Balaban J connectivity index is 1.54. The van der Waals surface area contributed by atoms with Crippen LogP contribution in [0.2, 0.25) is 0 Å². The molecule has 0 saturated carbocycles. The highest BCUT2D eigenvalue weighted by molar-refractivity contribution is 5.98. The van der Waals surface area contributed by atoms with Crippen LogP contribution in [-0.2, 0) is 6.54 Å². The molecule has 1 fully saturated rings. The monoisotopic (exact) mass is 496 g/mol. The third kappa shape index (κ3) is 5.29. The van der Waals surface area contributed by atoms with Crippen LogP contribution in [-0.4, -0.2) is 54.0 Å². The molecule has 0 radical (unpaired) electrons. The Morgan fingerprint density at radius 2 is 1.86 bits per heavy atom. The number of piperazine rings is 1. The summed E-state index contributed by atoms with van der Waals surface area (Å²) in [5.74, 6) is -0.852. The lowest BCUT2D eigenvalue weighted by Gasteiger charge is -2.36. The van der Waals surface area contributed by atoms with Crippen LogP contribution in [0.25, 0.3) is 10.9 Å². The van der Waals surface area contributed by atoms with Gasteiger partial charge < -0.3 is 24.1 Å². The summed E-state index contributed by atoms with van der Waals surface area (Å²) in [4.78, 5) is 41.9. The number of pyridine rings is 1. The Bertz CT molecular complexity index is 1280. The number of unbranched alkanes of at least 4 members (excludes halogenated alkanes) is 3. The Kier molecular flexibility index (Phi) is 8.07. The largest absolute Gasteiger partial charge is 0.459 e. The second kappa shape index (κ2) is 11.4. The highest BCUT2D eigenvalue weighted by Crippen LogP contribution is 2.26. The summed E-state index contributed by atoms with van der Waals surface area (Å²) in [6, 6.07) is 6.20. The van der Waals surface area contributed by atoms with Gasteiger partial charge in [0.15, 0.2) is 5.76 Å². The van der Waals surface area contributed by atoms with Crippen molar-refractivity contribution in [1.82, 2.24) is 14.8 Å². The first-order valence-corrected chi connectivity index (χ1v) is 12.7. The second-order valence-electron chi connectivity index (χ2n) is 9.05. The molecule has 3 heterocycles. The zero-order valence-electron chi connectivity index (χ0n) is 20.9. The lowest BCUT2D eigenvalue weighted by Crippen LogP contribution is -2.49. The average Bonchev–Trinajstić information content (AvgIpc) is 3.43. The molecule has 0 aliphatic carbocycles. The minimum Gasteiger partial charge on any atom is -0.459 e. The third-order valence-corrected chi connectivity index (χ3v) is 6.69. The lowest BCUT2D eigenvalue weighted by atomic mass is 10.1. The van der Waals surface area contributed by atoms with Crippen molar-refractivity contribution in [2.75, 3.05) is 37.6 Å². The van der Waals surface area contributed by atoms with Gasteiger partial charge in [-0.2, -0.15) is 0 Å². The summed E-state index contributed by atoms with van der Waals surface area (Å²) in [6.45, 7) is 6.80. The van der Waals surface area contributed by atoms with Crippen molar-refractivity contribution >= 4 is 28.4 Å². The van der Waals surface area contributed by atoms with Gasteiger partial charge in [0, 0.05) is 50.9 Å². The highest BCUT2D eigenvalue weighted by atomic mass is 19.1. The van der Waals surface area contributed by atoms with Crippen molar-refractivity contribution in [1.29, 1.82) is 0 Å². The van der Waals surface area contributed by atoms with E-state index in [1.165, 1.54) is 12.3 Å². The van der Waals surface area contributed by atoms with Crippen LogP contribution in [0, 0.1) is 5.82 Å². The number of aryl methyl sites for hydroxylation is 1.